The number of methoxy groups -OCH3 is 1. The van der Waals surface area contributed by atoms with Crippen molar-refractivity contribution in [3.8, 4) is 11.6 Å². The zero-order valence-electron chi connectivity index (χ0n) is 9.71. The van der Waals surface area contributed by atoms with Crippen molar-refractivity contribution in [2.75, 3.05) is 13.7 Å². The highest BCUT2D eigenvalue weighted by atomic mass is 16.5. The number of aliphatic hydroxyl groups excluding tert-OH is 1. The number of nitrogens with zero attached hydrogens (tertiary/aromatic N) is 2. The molecule has 0 radical (unpaired) electrons. The van der Waals surface area contributed by atoms with Gasteiger partial charge in [0.1, 0.15) is 0 Å². The molecule has 0 fully saturated rings. The molecule has 0 aliphatic carbocycles. The van der Waals surface area contributed by atoms with Crippen LogP contribution < -0.4 is 0 Å². The van der Waals surface area contributed by atoms with Gasteiger partial charge in [-0.15, -0.1) is 0 Å². The number of aliphatic hydroxyl groups is 1. The van der Waals surface area contributed by atoms with Crippen molar-refractivity contribution in [1.29, 1.82) is 0 Å². The normalized spacial score (nSPS) is 12.9. The molecule has 0 aliphatic rings. The minimum absolute atomic E-state index is 0.234. The first-order valence-electron chi connectivity index (χ1n) is 5.24. The lowest BCUT2D eigenvalue weighted by atomic mass is 10.2. The van der Waals surface area contributed by atoms with Crippen LogP contribution in [0.2, 0.25) is 0 Å². The second-order valence-electron chi connectivity index (χ2n) is 3.76. The van der Waals surface area contributed by atoms with Gasteiger partial charge in [0.05, 0.1) is 25.4 Å². The molecule has 1 atom stereocenters. The van der Waals surface area contributed by atoms with Gasteiger partial charge >= 0.3 is 0 Å². The first-order valence-corrected chi connectivity index (χ1v) is 5.24. The van der Waals surface area contributed by atoms with Crippen molar-refractivity contribution in [1.82, 2.24) is 10.1 Å². The van der Waals surface area contributed by atoms with Crippen LogP contribution in [0.4, 0.5) is 0 Å². The molecule has 0 saturated heterocycles. The number of aromatic nitrogens is 2. The summed E-state index contributed by atoms with van der Waals surface area (Å²) in [6.45, 7) is 2.13. The van der Waals surface area contributed by atoms with E-state index >= 15 is 0 Å². The summed E-state index contributed by atoms with van der Waals surface area (Å²) < 4.78 is 15.1. The maximum Gasteiger partial charge on any atom is 0.238 e. The Hall–Kier alpha value is -1.66. The summed E-state index contributed by atoms with van der Waals surface area (Å²) in [6.07, 6.45) is 1.19. The fourth-order valence-electron chi connectivity index (χ4n) is 1.48. The van der Waals surface area contributed by atoms with Crippen LogP contribution in [0.15, 0.2) is 21.3 Å². The van der Waals surface area contributed by atoms with Gasteiger partial charge in [0.2, 0.25) is 11.7 Å². The summed E-state index contributed by atoms with van der Waals surface area (Å²) in [5.41, 5.74) is 0.940. The zero-order chi connectivity index (χ0) is 12.3. The van der Waals surface area contributed by atoms with Crippen molar-refractivity contribution >= 4 is 0 Å². The fourth-order valence-corrected chi connectivity index (χ4v) is 1.48. The third-order valence-electron chi connectivity index (χ3n) is 2.30. The van der Waals surface area contributed by atoms with Crippen LogP contribution in [0.3, 0.4) is 0 Å². The van der Waals surface area contributed by atoms with E-state index in [1.807, 2.05) is 13.0 Å². The second kappa shape index (κ2) is 5.11. The Morgan fingerprint density at radius 2 is 2.35 bits per heavy atom. The largest absolute Gasteiger partial charge is 0.461 e. The van der Waals surface area contributed by atoms with E-state index in [1.54, 1.807) is 6.26 Å². The Labute approximate surface area is 98.2 Å². The molecule has 0 saturated carbocycles. The first-order chi connectivity index (χ1) is 8.20. The lowest BCUT2D eigenvalue weighted by molar-refractivity contribution is 0.0599. The monoisotopic (exact) mass is 238 g/mol. The van der Waals surface area contributed by atoms with Gasteiger partial charge in [0.25, 0.3) is 0 Å². The molecule has 92 valence electrons. The van der Waals surface area contributed by atoms with Crippen LogP contribution in [-0.4, -0.2) is 35.1 Å². The summed E-state index contributed by atoms with van der Waals surface area (Å²) in [5, 5.41) is 13.3. The highest BCUT2D eigenvalue weighted by molar-refractivity contribution is 5.50. The molecule has 1 N–H and O–H groups in total. The molecule has 0 aromatic carbocycles. The van der Waals surface area contributed by atoms with Gasteiger partial charge in [-0.25, -0.2) is 0 Å². The molecular formula is C11H14N2O4. The predicted molar refractivity (Wildman–Crippen MR) is 58.3 cm³/mol. The molecule has 6 nitrogen and oxygen atoms in total. The number of ether oxygens (including phenoxy) is 1. The summed E-state index contributed by atoms with van der Waals surface area (Å²) in [5.74, 6) is 1.34. The molecule has 0 spiro atoms. The number of aryl methyl sites for hydroxylation is 1. The fraction of sp³-hybridized carbons (Fsp3) is 0.455. The standard InChI is InChI=1S/C11H14N2O4/c1-7-3-4-16-10(7)11-12-9(17-13-11)5-8(14)6-15-2/h3-4,8,14H,5-6H2,1-2H3. The van der Waals surface area contributed by atoms with Gasteiger partial charge in [-0.1, -0.05) is 5.16 Å². The van der Waals surface area contributed by atoms with E-state index < -0.39 is 6.10 Å². The van der Waals surface area contributed by atoms with Crippen molar-refractivity contribution < 1.29 is 18.8 Å². The quantitative estimate of drug-likeness (QED) is 0.842. The summed E-state index contributed by atoms with van der Waals surface area (Å²) in [4.78, 5) is 4.15. The van der Waals surface area contributed by atoms with E-state index in [-0.39, 0.29) is 13.0 Å². The van der Waals surface area contributed by atoms with Crippen LogP contribution in [0.1, 0.15) is 11.5 Å². The van der Waals surface area contributed by atoms with Crippen LogP contribution in [0.5, 0.6) is 0 Å². The average molecular weight is 238 g/mol. The molecule has 2 aromatic heterocycles. The van der Waals surface area contributed by atoms with Crippen LogP contribution in [-0.2, 0) is 11.2 Å². The molecule has 2 rings (SSSR count). The number of rotatable bonds is 5. The number of furan rings is 1. The Morgan fingerprint density at radius 1 is 1.53 bits per heavy atom. The van der Waals surface area contributed by atoms with Crippen molar-refractivity contribution in [2.45, 2.75) is 19.4 Å². The summed E-state index contributed by atoms with van der Waals surface area (Å²) in [7, 11) is 1.52. The molecule has 0 aliphatic heterocycles. The molecular weight excluding hydrogens is 224 g/mol. The Bertz CT molecular complexity index is 477. The molecule has 0 amide bonds. The smallest absolute Gasteiger partial charge is 0.238 e. The van der Waals surface area contributed by atoms with E-state index in [0.717, 1.165) is 5.56 Å². The second-order valence-corrected chi connectivity index (χ2v) is 3.76. The highest BCUT2D eigenvalue weighted by Crippen LogP contribution is 2.21. The number of hydrogen-bond acceptors (Lipinski definition) is 6. The molecule has 17 heavy (non-hydrogen) atoms. The van der Waals surface area contributed by atoms with Gasteiger partial charge < -0.3 is 18.8 Å². The Balaban J connectivity index is 2.09. The Morgan fingerprint density at radius 3 is 3.00 bits per heavy atom. The number of hydrogen-bond donors (Lipinski definition) is 1. The maximum atomic E-state index is 9.52. The SMILES string of the molecule is COCC(O)Cc1nc(-c2occc2C)no1. The summed E-state index contributed by atoms with van der Waals surface area (Å²) in [6, 6.07) is 1.82. The van der Waals surface area contributed by atoms with Gasteiger partial charge in [0.15, 0.2) is 5.76 Å². The van der Waals surface area contributed by atoms with Gasteiger partial charge in [-0.05, 0) is 18.6 Å². The highest BCUT2D eigenvalue weighted by Gasteiger charge is 2.16. The van der Waals surface area contributed by atoms with E-state index in [2.05, 4.69) is 10.1 Å². The molecule has 2 aromatic rings. The van der Waals surface area contributed by atoms with E-state index in [1.165, 1.54) is 7.11 Å². The van der Waals surface area contributed by atoms with E-state index in [4.69, 9.17) is 13.7 Å². The molecule has 1 unspecified atom stereocenters. The lowest BCUT2D eigenvalue weighted by Gasteiger charge is -2.04. The van der Waals surface area contributed by atoms with Crippen LogP contribution in [0.25, 0.3) is 11.6 Å². The van der Waals surface area contributed by atoms with Gasteiger partial charge in [-0.3, -0.25) is 0 Å². The minimum atomic E-state index is -0.647. The van der Waals surface area contributed by atoms with Crippen molar-refractivity contribution in [2.24, 2.45) is 0 Å². The van der Waals surface area contributed by atoms with Gasteiger partial charge in [0, 0.05) is 7.11 Å². The van der Waals surface area contributed by atoms with Crippen LogP contribution >= 0.6 is 0 Å². The third-order valence-corrected chi connectivity index (χ3v) is 2.30. The topological polar surface area (TPSA) is 81.5 Å². The Kier molecular flexibility index (Phi) is 3.55. The third kappa shape index (κ3) is 2.72. The van der Waals surface area contributed by atoms with E-state index in [9.17, 15) is 5.11 Å². The predicted octanol–water partition coefficient (Wildman–Crippen LogP) is 1.19. The van der Waals surface area contributed by atoms with Crippen LogP contribution in [0, 0.1) is 6.92 Å². The average Bonchev–Trinajstić information content (AvgIpc) is 2.87. The first kappa shape index (κ1) is 11.8. The van der Waals surface area contributed by atoms with Crippen molar-refractivity contribution in [3.63, 3.8) is 0 Å². The molecule has 6 heteroatoms. The maximum absolute atomic E-state index is 9.52. The van der Waals surface area contributed by atoms with E-state index in [0.29, 0.717) is 17.5 Å². The zero-order valence-corrected chi connectivity index (χ0v) is 9.71. The minimum Gasteiger partial charge on any atom is -0.461 e. The molecule has 0 bridgehead atoms. The molecule has 2 heterocycles. The van der Waals surface area contributed by atoms with Crippen molar-refractivity contribution in [3.05, 3.63) is 23.8 Å². The lowest BCUT2D eigenvalue weighted by Crippen LogP contribution is -2.17. The van der Waals surface area contributed by atoms with Gasteiger partial charge in [-0.2, -0.15) is 4.98 Å². The summed E-state index contributed by atoms with van der Waals surface area (Å²) >= 11 is 0.